The molecule has 1 heterocycles. The van der Waals surface area contributed by atoms with Crippen LogP contribution in [0, 0.1) is 5.92 Å². The number of thiophene rings is 1. The predicted molar refractivity (Wildman–Crippen MR) is 73.8 cm³/mol. The van der Waals surface area contributed by atoms with E-state index in [0.29, 0.717) is 6.54 Å². The first-order valence-electron chi connectivity index (χ1n) is 6.70. The molecule has 0 aromatic carbocycles. The second-order valence-electron chi connectivity index (χ2n) is 5.06. The Kier molecular flexibility index (Phi) is 4.40. The van der Waals surface area contributed by atoms with E-state index in [1.165, 1.54) is 4.88 Å². The number of carbonyl (C=O) groups is 1. The highest BCUT2D eigenvalue weighted by atomic mass is 32.1. The van der Waals surface area contributed by atoms with Gasteiger partial charge in [0.05, 0.1) is 0 Å². The van der Waals surface area contributed by atoms with E-state index in [0.717, 1.165) is 32.1 Å². The molecule has 0 spiro atoms. The van der Waals surface area contributed by atoms with Crippen LogP contribution in [0.5, 0.6) is 0 Å². The first kappa shape index (κ1) is 13.6. The van der Waals surface area contributed by atoms with Crippen molar-refractivity contribution < 1.29 is 9.90 Å². The summed E-state index contributed by atoms with van der Waals surface area (Å²) in [5.41, 5.74) is -0.711. The molecule has 1 aliphatic rings. The maximum absolute atomic E-state index is 11.7. The molecule has 0 saturated heterocycles. The van der Waals surface area contributed by atoms with Gasteiger partial charge in [0.1, 0.15) is 5.54 Å². The molecule has 0 aliphatic heterocycles. The predicted octanol–water partition coefficient (Wildman–Crippen LogP) is 3.26. The third kappa shape index (κ3) is 2.59. The highest BCUT2D eigenvalue weighted by Gasteiger charge is 2.45. The Morgan fingerprint density at radius 1 is 1.61 bits per heavy atom. The van der Waals surface area contributed by atoms with E-state index in [-0.39, 0.29) is 5.92 Å². The van der Waals surface area contributed by atoms with Crippen molar-refractivity contribution in [3.05, 3.63) is 22.4 Å². The Morgan fingerprint density at radius 3 is 3.06 bits per heavy atom. The molecule has 2 rings (SSSR count). The maximum Gasteiger partial charge on any atom is 0.324 e. The molecule has 2 atom stereocenters. The van der Waals surface area contributed by atoms with Gasteiger partial charge in [-0.2, -0.15) is 0 Å². The fourth-order valence-electron chi connectivity index (χ4n) is 3.05. The molecule has 18 heavy (non-hydrogen) atoms. The Hall–Kier alpha value is -0.870. The fourth-order valence-corrected chi connectivity index (χ4v) is 3.69. The summed E-state index contributed by atoms with van der Waals surface area (Å²) in [5.74, 6) is -0.422. The summed E-state index contributed by atoms with van der Waals surface area (Å²) in [6, 6.07) is 4.06. The molecule has 4 heteroatoms. The van der Waals surface area contributed by atoms with Crippen molar-refractivity contribution in [2.24, 2.45) is 5.92 Å². The summed E-state index contributed by atoms with van der Waals surface area (Å²) in [6.45, 7) is 2.76. The van der Waals surface area contributed by atoms with Crippen LogP contribution in [0.15, 0.2) is 17.5 Å². The highest BCUT2D eigenvalue weighted by molar-refractivity contribution is 7.09. The minimum absolute atomic E-state index is 0.253. The molecule has 1 fully saturated rings. The van der Waals surface area contributed by atoms with Crippen LogP contribution in [0.1, 0.15) is 43.9 Å². The Labute approximate surface area is 112 Å². The van der Waals surface area contributed by atoms with E-state index in [4.69, 9.17) is 0 Å². The molecular formula is C14H21NO2S. The first-order valence-corrected chi connectivity index (χ1v) is 7.58. The molecule has 0 amide bonds. The van der Waals surface area contributed by atoms with Crippen molar-refractivity contribution >= 4 is 17.3 Å². The number of hydrogen-bond donors (Lipinski definition) is 2. The Balaban J connectivity index is 2.12. The highest BCUT2D eigenvalue weighted by Crippen LogP contribution is 2.36. The summed E-state index contributed by atoms with van der Waals surface area (Å²) < 4.78 is 0. The average Bonchev–Trinajstić information content (AvgIpc) is 2.89. The molecule has 3 nitrogen and oxygen atoms in total. The summed E-state index contributed by atoms with van der Waals surface area (Å²) >= 11 is 1.68. The number of nitrogens with one attached hydrogen (secondary N) is 1. The van der Waals surface area contributed by atoms with Gasteiger partial charge in [0, 0.05) is 11.4 Å². The van der Waals surface area contributed by atoms with Crippen LogP contribution in [0.2, 0.25) is 0 Å². The number of rotatable bonds is 5. The Bertz CT molecular complexity index is 391. The van der Waals surface area contributed by atoms with Gasteiger partial charge in [-0.25, -0.2) is 0 Å². The van der Waals surface area contributed by atoms with Crippen LogP contribution in [0.4, 0.5) is 0 Å². The second-order valence-corrected chi connectivity index (χ2v) is 6.09. The average molecular weight is 267 g/mol. The van der Waals surface area contributed by atoms with Crippen molar-refractivity contribution in [2.75, 3.05) is 0 Å². The van der Waals surface area contributed by atoms with Crippen molar-refractivity contribution in [2.45, 2.75) is 51.1 Å². The van der Waals surface area contributed by atoms with E-state index in [2.05, 4.69) is 18.3 Å². The number of hydrogen-bond acceptors (Lipinski definition) is 3. The zero-order valence-corrected chi connectivity index (χ0v) is 11.6. The lowest BCUT2D eigenvalue weighted by Crippen LogP contribution is -2.58. The monoisotopic (exact) mass is 267 g/mol. The lowest BCUT2D eigenvalue weighted by molar-refractivity contribution is -0.149. The van der Waals surface area contributed by atoms with Crippen LogP contribution < -0.4 is 5.32 Å². The van der Waals surface area contributed by atoms with Crippen molar-refractivity contribution in [1.29, 1.82) is 0 Å². The molecule has 1 aromatic rings. The minimum atomic E-state index is -0.711. The zero-order chi connectivity index (χ0) is 13.0. The smallest absolute Gasteiger partial charge is 0.324 e. The molecule has 2 unspecified atom stereocenters. The third-order valence-corrected chi connectivity index (χ3v) is 4.98. The molecule has 1 aromatic heterocycles. The summed E-state index contributed by atoms with van der Waals surface area (Å²) in [6.07, 6.45) is 4.89. The van der Waals surface area contributed by atoms with E-state index in [9.17, 15) is 9.90 Å². The van der Waals surface area contributed by atoms with E-state index in [1.807, 2.05) is 11.4 Å². The van der Waals surface area contributed by atoms with Crippen molar-refractivity contribution in [3.63, 3.8) is 0 Å². The van der Waals surface area contributed by atoms with Crippen LogP contribution in [-0.2, 0) is 11.3 Å². The van der Waals surface area contributed by atoms with Crippen molar-refractivity contribution in [3.8, 4) is 0 Å². The molecule has 100 valence electrons. The Morgan fingerprint density at radius 2 is 2.44 bits per heavy atom. The molecule has 0 bridgehead atoms. The van der Waals surface area contributed by atoms with Gasteiger partial charge in [-0.15, -0.1) is 11.3 Å². The lowest BCUT2D eigenvalue weighted by Gasteiger charge is -2.41. The SMILES string of the molecule is CCC1CCCCC1(NCc1cccs1)C(=O)O. The van der Waals surface area contributed by atoms with Crippen LogP contribution >= 0.6 is 11.3 Å². The summed E-state index contributed by atoms with van der Waals surface area (Å²) in [7, 11) is 0. The van der Waals surface area contributed by atoms with Gasteiger partial charge in [-0.3, -0.25) is 10.1 Å². The van der Waals surface area contributed by atoms with Gasteiger partial charge in [-0.05, 0) is 30.2 Å². The van der Waals surface area contributed by atoms with Crippen LogP contribution in [0.25, 0.3) is 0 Å². The summed E-state index contributed by atoms with van der Waals surface area (Å²) in [5, 5.41) is 15.0. The molecular weight excluding hydrogens is 246 g/mol. The van der Waals surface area contributed by atoms with Gasteiger partial charge in [0.2, 0.25) is 0 Å². The number of carboxylic acid groups (broad SMARTS) is 1. The molecule has 1 saturated carbocycles. The standard InChI is InChI=1S/C14H21NO2S/c1-2-11-6-3-4-8-14(11,13(16)17)15-10-12-7-5-9-18-12/h5,7,9,11,15H,2-4,6,8,10H2,1H3,(H,16,17). The normalized spacial score (nSPS) is 28.2. The van der Waals surface area contributed by atoms with Gasteiger partial charge in [-0.1, -0.05) is 32.3 Å². The third-order valence-electron chi connectivity index (χ3n) is 4.10. The first-order chi connectivity index (χ1) is 8.69. The van der Waals surface area contributed by atoms with E-state index in [1.54, 1.807) is 11.3 Å². The topological polar surface area (TPSA) is 49.3 Å². The second kappa shape index (κ2) is 5.85. The van der Waals surface area contributed by atoms with Gasteiger partial charge >= 0.3 is 5.97 Å². The van der Waals surface area contributed by atoms with E-state index >= 15 is 0 Å². The lowest BCUT2D eigenvalue weighted by atomic mass is 9.71. The largest absolute Gasteiger partial charge is 0.480 e. The minimum Gasteiger partial charge on any atom is -0.480 e. The number of carboxylic acids is 1. The zero-order valence-electron chi connectivity index (χ0n) is 10.8. The van der Waals surface area contributed by atoms with Gasteiger partial charge in [0.25, 0.3) is 0 Å². The number of aliphatic carboxylic acids is 1. The molecule has 0 radical (unpaired) electrons. The summed E-state index contributed by atoms with van der Waals surface area (Å²) in [4.78, 5) is 13.0. The van der Waals surface area contributed by atoms with Crippen molar-refractivity contribution in [1.82, 2.24) is 5.32 Å². The fraction of sp³-hybridized carbons (Fsp3) is 0.643. The van der Waals surface area contributed by atoms with Crippen LogP contribution in [0.3, 0.4) is 0 Å². The van der Waals surface area contributed by atoms with Gasteiger partial charge < -0.3 is 5.11 Å². The maximum atomic E-state index is 11.7. The van der Waals surface area contributed by atoms with Crippen LogP contribution in [-0.4, -0.2) is 16.6 Å². The molecule has 2 N–H and O–H groups in total. The van der Waals surface area contributed by atoms with E-state index < -0.39 is 11.5 Å². The van der Waals surface area contributed by atoms with Gasteiger partial charge in [0.15, 0.2) is 0 Å². The quantitative estimate of drug-likeness (QED) is 0.861. The molecule has 1 aliphatic carbocycles.